The zero-order valence-corrected chi connectivity index (χ0v) is 10.9. The first-order valence-electron chi connectivity index (χ1n) is 5.83. The Morgan fingerprint density at radius 1 is 0.778 bits per heavy atom. The van der Waals surface area contributed by atoms with Gasteiger partial charge in [-0.1, -0.05) is 36.4 Å². The Labute approximate surface area is 111 Å². The van der Waals surface area contributed by atoms with Crippen molar-refractivity contribution in [3.63, 3.8) is 0 Å². The molecule has 0 heterocycles. The van der Waals surface area contributed by atoms with E-state index in [0.29, 0.717) is 0 Å². The van der Waals surface area contributed by atoms with Crippen LogP contribution in [0.25, 0.3) is 0 Å². The van der Waals surface area contributed by atoms with Crippen LogP contribution in [0.2, 0.25) is 0 Å². The average molecular weight is 260 g/mol. The molecule has 0 amide bonds. The first kappa shape index (κ1) is 13.1. The van der Waals surface area contributed by atoms with Crippen LogP contribution in [-0.2, 0) is 19.0 Å². The minimum atomic E-state index is 0.0829. The Morgan fingerprint density at radius 3 is 2.11 bits per heavy atom. The molecule has 0 radical (unpaired) electrons. The fraction of sp³-hybridized carbons (Fsp3) is 0.200. The molecule has 0 spiro atoms. The van der Waals surface area contributed by atoms with Crippen molar-refractivity contribution in [1.82, 2.24) is 0 Å². The molecule has 0 aliphatic rings. The highest BCUT2D eigenvalue weighted by Gasteiger charge is 1.98. The van der Waals surface area contributed by atoms with Crippen molar-refractivity contribution < 1.29 is 10.2 Å². The van der Waals surface area contributed by atoms with E-state index in [0.717, 1.165) is 21.8 Å². The van der Waals surface area contributed by atoms with Crippen LogP contribution in [0.4, 0.5) is 0 Å². The normalized spacial score (nSPS) is 10.6. The summed E-state index contributed by atoms with van der Waals surface area (Å²) in [7, 11) is 0. The predicted molar refractivity (Wildman–Crippen MR) is 74.3 cm³/mol. The molecule has 0 aliphatic carbocycles. The largest absolute Gasteiger partial charge is 0.392 e. The van der Waals surface area contributed by atoms with Crippen LogP contribution in [0.15, 0.2) is 53.4 Å². The van der Waals surface area contributed by atoms with E-state index in [2.05, 4.69) is 0 Å². The molecule has 0 aliphatic heterocycles. The molecule has 2 N–H and O–H groups in total. The van der Waals surface area contributed by atoms with E-state index < -0.39 is 0 Å². The van der Waals surface area contributed by atoms with Gasteiger partial charge in [-0.05, 0) is 28.8 Å². The lowest BCUT2D eigenvalue weighted by molar-refractivity contribution is 0.281. The molecule has 0 atom stereocenters. The van der Waals surface area contributed by atoms with Crippen LogP contribution in [0.3, 0.4) is 0 Å². The zero-order valence-electron chi connectivity index (χ0n) is 10.0. The minimum absolute atomic E-state index is 0.0829. The van der Waals surface area contributed by atoms with Crippen LogP contribution in [0.5, 0.6) is 0 Å². The Hall–Kier alpha value is -1.29. The van der Waals surface area contributed by atoms with Gasteiger partial charge in [0.1, 0.15) is 0 Å². The second kappa shape index (κ2) is 6.59. The van der Waals surface area contributed by atoms with Gasteiger partial charge >= 0.3 is 0 Å². The number of benzene rings is 2. The molecular weight excluding hydrogens is 244 g/mol. The summed E-state index contributed by atoms with van der Waals surface area (Å²) in [6, 6.07) is 15.9. The smallest absolute Gasteiger partial charge is 0.0682 e. The van der Waals surface area contributed by atoms with E-state index >= 15 is 0 Å². The van der Waals surface area contributed by atoms with Crippen molar-refractivity contribution in [1.29, 1.82) is 0 Å². The van der Waals surface area contributed by atoms with Crippen LogP contribution >= 0.6 is 11.8 Å². The molecule has 2 aromatic rings. The van der Waals surface area contributed by atoms with Gasteiger partial charge < -0.3 is 10.2 Å². The molecule has 2 nitrogen and oxygen atoms in total. The lowest BCUT2D eigenvalue weighted by Gasteiger charge is -2.04. The number of thioether (sulfide) groups is 1. The first-order valence-corrected chi connectivity index (χ1v) is 6.81. The van der Waals surface area contributed by atoms with Crippen LogP contribution in [-0.4, -0.2) is 10.2 Å². The summed E-state index contributed by atoms with van der Waals surface area (Å²) in [6.45, 7) is 0.172. The Kier molecular flexibility index (Phi) is 4.81. The Balaban J connectivity index is 1.97. The van der Waals surface area contributed by atoms with Gasteiger partial charge in [0.2, 0.25) is 0 Å². The van der Waals surface area contributed by atoms with E-state index in [9.17, 15) is 0 Å². The summed E-state index contributed by atoms with van der Waals surface area (Å²) in [4.78, 5) is 1.16. The zero-order chi connectivity index (χ0) is 12.8. The Bertz CT molecular complexity index is 494. The maximum Gasteiger partial charge on any atom is 0.0682 e. The third-order valence-electron chi connectivity index (χ3n) is 2.69. The summed E-state index contributed by atoms with van der Waals surface area (Å²) in [5.41, 5.74) is 3.10. The van der Waals surface area contributed by atoms with Gasteiger partial charge in [0, 0.05) is 10.6 Å². The molecule has 2 aromatic carbocycles. The molecule has 3 heteroatoms. The van der Waals surface area contributed by atoms with Gasteiger partial charge in [0.25, 0.3) is 0 Å². The number of rotatable bonds is 5. The summed E-state index contributed by atoms with van der Waals surface area (Å²) >= 11 is 1.74. The minimum Gasteiger partial charge on any atom is -0.392 e. The average Bonchev–Trinajstić information content (AvgIpc) is 2.46. The third kappa shape index (κ3) is 3.60. The molecular formula is C15H16O2S. The number of hydrogen-bond donors (Lipinski definition) is 2. The maximum absolute atomic E-state index is 9.07. The van der Waals surface area contributed by atoms with Crippen molar-refractivity contribution in [2.24, 2.45) is 0 Å². The molecule has 0 bridgehead atoms. The summed E-state index contributed by atoms with van der Waals surface area (Å²) in [6.07, 6.45) is 0. The van der Waals surface area contributed by atoms with Gasteiger partial charge in [0.05, 0.1) is 13.2 Å². The van der Waals surface area contributed by atoms with E-state index in [1.54, 1.807) is 11.8 Å². The lowest BCUT2D eigenvalue weighted by atomic mass is 10.2. The Morgan fingerprint density at radius 2 is 1.44 bits per heavy atom. The van der Waals surface area contributed by atoms with Crippen LogP contribution < -0.4 is 0 Å². The quantitative estimate of drug-likeness (QED) is 0.812. The molecule has 0 saturated heterocycles. The fourth-order valence-electron chi connectivity index (χ4n) is 1.64. The van der Waals surface area contributed by atoms with Gasteiger partial charge in [-0.15, -0.1) is 11.8 Å². The molecule has 0 fully saturated rings. The first-order chi connectivity index (χ1) is 8.81. The molecule has 2 rings (SSSR count). The molecule has 94 valence electrons. The molecule has 0 unspecified atom stereocenters. The number of hydrogen-bond acceptors (Lipinski definition) is 3. The second-order valence-corrected chi connectivity index (χ2v) is 5.12. The molecule has 0 aromatic heterocycles. The van der Waals surface area contributed by atoms with Crippen molar-refractivity contribution >= 4 is 11.8 Å². The topological polar surface area (TPSA) is 40.5 Å². The van der Waals surface area contributed by atoms with Gasteiger partial charge in [-0.25, -0.2) is 0 Å². The van der Waals surface area contributed by atoms with E-state index in [4.69, 9.17) is 10.2 Å². The molecule has 0 saturated carbocycles. The lowest BCUT2D eigenvalue weighted by Crippen LogP contribution is -1.86. The summed E-state index contributed by atoms with van der Waals surface area (Å²) in [5, 5.41) is 18.0. The highest BCUT2D eigenvalue weighted by Crippen LogP contribution is 2.23. The van der Waals surface area contributed by atoms with Crippen molar-refractivity contribution in [2.75, 3.05) is 0 Å². The number of aliphatic hydroxyl groups is 2. The van der Waals surface area contributed by atoms with E-state index in [1.165, 1.54) is 5.56 Å². The predicted octanol–water partition coefficient (Wildman–Crippen LogP) is 2.96. The van der Waals surface area contributed by atoms with Crippen molar-refractivity contribution in [3.8, 4) is 0 Å². The van der Waals surface area contributed by atoms with Gasteiger partial charge in [-0.2, -0.15) is 0 Å². The highest BCUT2D eigenvalue weighted by atomic mass is 32.2. The SMILES string of the molecule is OCc1ccc(CSc2cccc(CO)c2)cc1. The van der Waals surface area contributed by atoms with Gasteiger partial charge in [-0.3, -0.25) is 0 Å². The van der Waals surface area contributed by atoms with Crippen LogP contribution in [0, 0.1) is 0 Å². The van der Waals surface area contributed by atoms with E-state index in [-0.39, 0.29) is 13.2 Å². The van der Waals surface area contributed by atoms with Gasteiger partial charge in [0.15, 0.2) is 0 Å². The maximum atomic E-state index is 9.07. The van der Waals surface area contributed by atoms with Crippen molar-refractivity contribution in [2.45, 2.75) is 23.9 Å². The highest BCUT2D eigenvalue weighted by molar-refractivity contribution is 7.98. The van der Waals surface area contributed by atoms with E-state index in [1.807, 2.05) is 48.5 Å². The summed E-state index contributed by atoms with van der Waals surface area (Å²) < 4.78 is 0. The number of aliphatic hydroxyl groups excluding tert-OH is 2. The van der Waals surface area contributed by atoms with Crippen molar-refractivity contribution in [3.05, 3.63) is 65.2 Å². The molecule has 18 heavy (non-hydrogen) atoms. The standard InChI is InChI=1S/C15H16O2S/c16-9-12-4-6-13(7-5-12)11-18-15-3-1-2-14(8-15)10-17/h1-8,16-17H,9-11H2. The third-order valence-corrected chi connectivity index (χ3v) is 3.76. The second-order valence-electron chi connectivity index (χ2n) is 4.07. The summed E-state index contributed by atoms with van der Waals surface area (Å²) in [5.74, 6) is 0.889. The fourth-order valence-corrected chi connectivity index (χ4v) is 2.58. The monoisotopic (exact) mass is 260 g/mol. The van der Waals surface area contributed by atoms with Crippen LogP contribution in [0.1, 0.15) is 16.7 Å².